The molecule has 2 atom stereocenters. The van der Waals surface area contributed by atoms with Gasteiger partial charge in [-0.1, -0.05) is 32.4 Å². The highest BCUT2D eigenvalue weighted by atomic mass is 19.4. The molecule has 1 aromatic rings. The van der Waals surface area contributed by atoms with Gasteiger partial charge in [0.05, 0.1) is 5.56 Å². The van der Waals surface area contributed by atoms with Gasteiger partial charge in [0.2, 0.25) is 0 Å². The maximum absolute atomic E-state index is 12.5. The fourth-order valence-corrected chi connectivity index (χ4v) is 2.28. The van der Waals surface area contributed by atoms with Gasteiger partial charge in [-0.2, -0.15) is 13.2 Å². The maximum atomic E-state index is 12.5. The van der Waals surface area contributed by atoms with Crippen LogP contribution >= 0.6 is 0 Å². The number of nitrogens with one attached hydrogen (secondary N) is 1. The lowest BCUT2D eigenvalue weighted by Gasteiger charge is -2.24. The first-order chi connectivity index (χ1) is 8.40. The highest BCUT2D eigenvalue weighted by Gasteiger charge is 2.30. The molecule has 102 valence electrons. The van der Waals surface area contributed by atoms with Crippen LogP contribution in [0.3, 0.4) is 0 Å². The fourth-order valence-electron chi connectivity index (χ4n) is 2.28. The molecule has 2 unspecified atom stereocenters. The van der Waals surface area contributed by atoms with Gasteiger partial charge in [-0.25, -0.2) is 0 Å². The number of hydrogen-bond acceptors (Lipinski definition) is 1. The molecule has 1 aromatic carbocycles. The van der Waals surface area contributed by atoms with E-state index in [9.17, 15) is 13.2 Å². The van der Waals surface area contributed by atoms with E-state index in [4.69, 9.17) is 0 Å². The van der Waals surface area contributed by atoms with E-state index in [-0.39, 0.29) is 6.04 Å². The molecular formula is C14H20F3N. The molecule has 1 N–H and O–H groups in total. The summed E-state index contributed by atoms with van der Waals surface area (Å²) in [6, 6.07) is 5.54. The van der Waals surface area contributed by atoms with E-state index in [2.05, 4.69) is 19.2 Å². The van der Waals surface area contributed by atoms with Crippen LogP contribution in [0.25, 0.3) is 0 Å². The standard InChI is InChI=1S/C14H20F3N/c1-4-5-10(2)13(18-3)11-6-8-12(9-7-11)14(15,16)17/h6-10,13,18H,4-5H2,1-3H3. The summed E-state index contributed by atoms with van der Waals surface area (Å²) in [6.45, 7) is 4.22. The molecule has 0 radical (unpaired) electrons. The van der Waals surface area contributed by atoms with Crippen molar-refractivity contribution in [2.75, 3.05) is 7.05 Å². The summed E-state index contributed by atoms with van der Waals surface area (Å²) in [5.74, 6) is 0.400. The lowest BCUT2D eigenvalue weighted by atomic mass is 9.90. The predicted octanol–water partition coefficient (Wildman–Crippen LogP) is 4.40. The summed E-state index contributed by atoms with van der Waals surface area (Å²) >= 11 is 0. The Hall–Kier alpha value is -1.03. The molecule has 0 aliphatic rings. The van der Waals surface area contributed by atoms with Crippen LogP contribution in [-0.4, -0.2) is 7.05 Å². The lowest BCUT2D eigenvalue weighted by molar-refractivity contribution is -0.137. The number of halogens is 3. The molecular weight excluding hydrogens is 239 g/mol. The average Bonchev–Trinajstić information content (AvgIpc) is 2.30. The van der Waals surface area contributed by atoms with Gasteiger partial charge in [0, 0.05) is 6.04 Å². The second-order valence-corrected chi connectivity index (χ2v) is 4.65. The Morgan fingerprint density at radius 1 is 1.17 bits per heavy atom. The first kappa shape index (κ1) is 15.0. The first-order valence-corrected chi connectivity index (χ1v) is 6.24. The molecule has 0 heterocycles. The van der Waals surface area contributed by atoms with Crippen molar-refractivity contribution < 1.29 is 13.2 Å². The summed E-state index contributed by atoms with van der Waals surface area (Å²) < 4.78 is 37.4. The molecule has 0 bridgehead atoms. The fraction of sp³-hybridized carbons (Fsp3) is 0.571. The summed E-state index contributed by atoms with van der Waals surface area (Å²) in [4.78, 5) is 0. The van der Waals surface area contributed by atoms with E-state index >= 15 is 0 Å². The molecule has 0 aliphatic heterocycles. The zero-order chi connectivity index (χ0) is 13.8. The Kier molecular flexibility index (Phi) is 5.20. The number of alkyl halides is 3. The van der Waals surface area contributed by atoms with Crippen LogP contribution in [0.1, 0.15) is 43.9 Å². The Morgan fingerprint density at radius 3 is 2.11 bits per heavy atom. The normalized spacial score (nSPS) is 15.4. The topological polar surface area (TPSA) is 12.0 Å². The number of benzene rings is 1. The third kappa shape index (κ3) is 3.73. The van der Waals surface area contributed by atoms with E-state index in [1.807, 2.05) is 7.05 Å². The largest absolute Gasteiger partial charge is 0.416 e. The minimum Gasteiger partial charge on any atom is -0.313 e. The Bertz CT molecular complexity index is 356. The summed E-state index contributed by atoms with van der Waals surface area (Å²) in [5.41, 5.74) is 0.315. The minimum atomic E-state index is -4.26. The Labute approximate surface area is 106 Å². The third-order valence-corrected chi connectivity index (χ3v) is 3.22. The van der Waals surface area contributed by atoms with E-state index in [1.165, 1.54) is 0 Å². The maximum Gasteiger partial charge on any atom is 0.416 e. The molecule has 1 rings (SSSR count). The molecule has 0 saturated carbocycles. The first-order valence-electron chi connectivity index (χ1n) is 6.24. The number of hydrogen-bond donors (Lipinski definition) is 1. The van der Waals surface area contributed by atoms with Crippen molar-refractivity contribution in [3.63, 3.8) is 0 Å². The van der Waals surface area contributed by atoms with E-state index in [0.717, 1.165) is 30.5 Å². The lowest BCUT2D eigenvalue weighted by Crippen LogP contribution is -2.23. The average molecular weight is 259 g/mol. The second-order valence-electron chi connectivity index (χ2n) is 4.65. The molecule has 0 aliphatic carbocycles. The van der Waals surface area contributed by atoms with Crippen molar-refractivity contribution in [2.24, 2.45) is 5.92 Å². The zero-order valence-corrected chi connectivity index (χ0v) is 11.0. The van der Waals surface area contributed by atoms with Gasteiger partial charge in [-0.15, -0.1) is 0 Å². The van der Waals surface area contributed by atoms with Crippen LogP contribution in [0.15, 0.2) is 24.3 Å². The third-order valence-electron chi connectivity index (χ3n) is 3.22. The van der Waals surface area contributed by atoms with Crippen LogP contribution in [0.4, 0.5) is 13.2 Å². The highest BCUT2D eigenvalue weighted by Crippen LogP contribution is 2.31. The van der Waals surface area contributed by atoms with Gasteiger partial charge in [0.25, 0.3) is 0 Å². The van der Waals surface area contributed by atoms with Crippen LogP contribution in [0.5, 0.6) is 0 Å². The van der Waals surface area contributed by atoms with Crippen LogP contribution < -0.4 is 5.32 Å². The molecule has 0 aromatic heterocycles. The van der Waals surface area contributed by atoms with Crippen molar-refractivity contribution in [2.45, 2.75) is 38.9 Å². The quantitative estimate of drug-likeness (QED) is 0.826. The van der Waals surface area contributed by atoms with Crippen molar-refractivity contribution in [1.82, 2.24) is 5.32 Å². The molecule has 4 heteroatoms. The van der Waals surface area contributed by atoms with Crippen LogP contribution in [0, 0.1) is 5.92 Å². The van der Waals surface area contributed by atoms with Crippen molar-refractivity contribution >= 4 is 0 Å². The van der Waals surface area contributed by atoms with Gasteiger partial charge in [0.15, 0.2) is 0 Å². The summed E-state index contributed by atoms with van der Waals surface area (Å²) in [7, 11) is 1.84. The molecule has 0 spiro atoms. The SMILES string of the molecule is CCCC(C)C(NC)c1ccc(C(F)(F)F)cc1. The predicted molar refractivity (Wildman–Crippen MR) is 67.3 cm³/mol. The van der Waals surface area contributed by atoms with Gasteiger partial charge < -0.3 is 5.32 Å². The number of rotatable bonds is 5. The Morgan fingerprint density at radius 2 is 1.72 bits per heavy atom. The van der Waals surface area contributed by atoms with E-state index in [0.29, 0.717) is 5.92 Å². The van der Waals surface area contributed by atoms with Gasteiger partial charge >= 0.3 is 6.18 Å². The molecule has 0 amide bonds. The van der Waals surface area contributed by atoms with Crippen LogP contribution in [0.2, 0.25) is 0 Å². The minimum absolute atomic E-state index is 0.104. The summed E-state index contributed by atoms with van der Waals surface area (Å²) in [5, 5.41) is 3.18. The molecule has 18 heavy (non-hydrogen) atoms. The van der Waals surface area contributed by atoms with Gasteiger partial charge in [-0.05, 0) is 37.1 Å². The smallest absolute Gasteiger partial charge is 0.313 e. The van der Waals surface area contributed by atoms with Crippen molar-refractivity contribution in [1.29, 1.82) is 0 Å². The van der Waals surface area contributed by atoms with Crippen LogP contribution in [-0.2, 0) is 6.18 Å². The highest BCUT2D eigenvalue weighted by molar-refractivity contribution is 5.27. The molecule has 0 fully saturated rings. The van der Waals surface area contributed by atoms with Gasteiger partial charge in [-0.3, -0.25) is 0 Å². The monoisotopic (exact) mass is 259 g/mol. The molecule has 1 nitrogen and oxygen atoms in total. The van der Waals surface area contributed by atoms with Gasteiger partial charge in [0.1, 0.15) is 0 Å². The Balaban J connectivity index is 2.88. The van der Waals surface area contributed by atoms with Crippen molar-refractivity contribution in [3.05, 3.63) is 35.4 Å². The van der Waals surface area contributed by atoms with Crippen molar-refractivity contribution in [3.8, 4) is 0 Å². The van der Waals surface area contributed by atoms with E-state index < -0.39 is 11.7 Å². The zero-order valence-electron chi connectivity index (χ0n) is 11.0. The summed E-state index contributed by atoms with van der Waals surface area (Å²) in [6.07, 6.45) is -2.14. The second kappa shape index (κ2) is 6.23. The molecule has 0 saturated heterocycles. The van der Waals surface area contributed by atoms with E-state index in [1.54, 1.807) is 12.1 Å².